The van der Waals surface area contributed by atoms with Crippen LogP contribution in [0.25, 0.3) is 0 Å². The quantitative estimate of drug-likeness (QED) is 0.643. The van der Waals surface area contributed by atoms with E-state index in [-0.39, 0.29) is 36.6 Å². The average Bonchev–Trinajstić information content (AvgIpc) is 3.11. The van der Waals surface area contributed by atoms with Crippen LogP contribution in [0.5, 0.6) is 0 Å². The lowest BCUT2D eigenvalue weighted by molar-refractivity contribution is -0.141. The number of fused-ring (bicyclic) bond motifs is 2. The molecule has 0 aromatic carbocycles. The van der Waals surface area contributed by atoms with Gasteiger partial charge in [0, 0.05) is 30.2 Å². The zero-order valence-corrected chi connectivity index (χ0v) is 19.8. The van der Waals surface area contributed by atoms with Crippen molar-refractivity contribution >= 4 is 35.1 Å². The van der Waals surface area contributed by atoms with Crippen LogP contribution in [0.4, 0.5) is 4.79 Å². The van der Waals surface area contributed by atoms with Crippen LogP contribution in [0.2, 0.25) is 0 Å². The minimum absolute atomic E-state index is 0.151. The van der Waals surface area contributed by atoms with Crippen molar-refractivity contribution in [2.45, 2.75) is 66.3 Å². The summed E-state index contributed by atoms with van der Waals surface area (Å²) in [7, 11) is 0. The maximum absolute atomic E-state index is 13.1. The summed E-state index contributed by atoms with van der Waals surface area (Å²) in [6, 6.07) is 1.13. The summed E-state index contributed by atoms with van der Waals surface area (Å²) in [6.45, 7) is 10.0. The molecule has 0 spiro atoms. The second-order valence-corrected chi connectivity index (χ2v) is 10.5. The number of rotatable bonds is 6. The Labute approximate surface area is 187 Å². The number of nitrogens with zero attached hydrogens (tertiary/aromatic N) is 1. The molecule has 0 saturated carbocycles. The molecule has 8 nitrogen and oxygen atoms in total. The van der Waals surface area contributed by atoms with Gasteiger partial charge in [-0.3, -0.25) is 14.4 Å². The molecule has 1 aliphatic heterocycles. The Morgan fingerprint density at radius 3 is 2.68 bits per heavy atom. The van der Waals surface area contributed by atoms with E-state index >= 15 is 0 Å². The first-order chi connectivity index (χ1) is 14.5. The Bertz CT molecular complexity index is 812. The standard InChI is InChI=1S/C22H33N3O5S/c1-13(2)18(24-21(29)30-12-22(3,4)5)17(26)10-14-9-15-11-16(31-25-15)7-6-8-23-20(28)19(14)27/h11,13-14,18H,6-10,12H2,1-5H3,(H,23,28)(H,24,29). The minimum atomic E-state index is -0.825. The van der Waals surface area contributed by atoms with Crippen LogP contribution in [-0.2, 0) is 32.0 Å². The van der Waals surface area contributed by atoms with Gasteiger partial charge in [-0.05, 0) is 41.8 Å². The average molecular weight is 452 g/mol. The maximum Gasteiger partial charge on any atom is 0.407 e. The van der Waals surface area contributed by atoms with Gasteiger partial charge in [-0.2, -0.15) is 4.37 Å². The molecule has 2 N–H and O–H groups in total. The molecule has 172 valence electrons. The van der Waals surface area contributed by atoms with Crippen molar-refractivity contribution < 1.29 is 23.9 Å². The van der Waals surface area contributed by atoms with Crippen molar-refractivity contribution in [3.63, 3.8) is 0 Å². The summed E-state index contributed by atoms with van der Waals surface area (Å²) in [5, 5.41) is 5.27. The van der Waals surface area contributed by atoms with Gasteiger partial charge < -0.3 is 15.4 Å². The molecule has 9 heteroatoms. The zero-order valence-electron chi connectivity index (χ0n) is 18.9. The third-order valence-corrected chi connectivity index (χ3v) is 5.80. The molecule has 2 atom stereocenters. The molecule has 1 aromatic rings. The van der Waals surface area contributed by atoms with E-state index in [9.17, 15) is 19.2 Å². The number of nitrogens with one attached hydrogen (secondary N) is 2. The molecule has 2 heterocycles. The zero-order chi connectivity index (χ0) is 23.2. The minimum Gasteiger partial charge on any atom is -0.449 e. The summed E-state index contributed by atoms with van der Waals surface area (Å²) in [6.07, 6.45) is 0.902. The predicted molar refractivity (Wildman–Crippen MR) is 118 cm³/mol. The smallest absolute Gasteiger partial charge is 0.407 e. The Morgan fingerprint density at radius 1 is 1.32 bits per heavy atom. The van der Waals surface area contributed by atoms with E-state index in [0.29, 0.717) is 12.2 Å². The van der Waals surface area contributed by atoms with Crippen molar-refractivity contribution in [1.29, 1.82) is 0 Å². The number of aryl methyl sites for hydroxylation is 1. The molecule has 2 bridgehead atoms. The third kappa shape index (κ3) is 8.05. The fraction of sp³-hybridized carbons (Fsp3) is 0.682. The lowest BCUT2D eigenvalue weighted by atomic mass is 9.87. The van der Waals surface area contributed by atoms with E-state index in [1.807, 2.05) is 40.7 Å². The molecular formula is C22H33N3O5S. The van der Waals surface area contributed by atoms with Crippen molar-refractivity contribution in [1.82, 2.24) is 15.0 Å². The second-order valence-electron chi connectivity index (χ2n) is 9.58. The number of carbonyl (C=O) groups is 4. The molecule has 1 aliphatic rings. The first kappa shape index (κ1) is 25.0. The number of carbonyl (C=O) groups excluding carboxylic acids is 4. The van der Waals surface area contributed by atoms with Gasteiger partial charge >= 0.3 is 6.09 Å². The molecule has 0 saturated heterocycles. The van der Waals surface area contributed by atoms with Crippen LogP contribution in [0, 0.1) is 17.3 Å². The maximum atomic E-state index is 13.1. The van der Waals surface area contributed by atoms with Gasteiger partial charge in [0.15, 0.2) is 5.78 Å². The molecule has 0 fully saturated rings. The lowest BCUT2D eigenvalue weighted by Crippen LogP contribution is -2.47. The van der Waals surface area contributed by atoms with E-state index in [1.54, 1.807) is 0 Å². The molecule has 2 unspecified atom stereocenters. The molecule has 2 amide bonds. The van der Waals surface area contributed by atoms with E-state index in [2.05, 4.69) is 15.0 Å². The monoisotopic (exact) mass is 451 g/mol. The first-order valence-corrected chi connectivity index (χ1v) is 11.5. The molecule has 0 radical (unpaired) electrons. The van der Waals surface area contributed by atoms with Crippen molar-refractivity contribution in [2.75, 3.05) is 13.2 Å². The van der Waals surface area contributed by atoms with Crippen molar-refractivity contribution in [3.05, 3.63) is 16.6 Å². The molecule has 1 aromatic heterocycles. The Hall–Kier alpha value is -2.29. The van der Waals surface area contributed by atoms with E-state index in [4.69, 9.17) is 4.74 Å². The fourth-order valence-corrected chi connectivity index (χ4v) is 4.04. The Balaban J connectivity index is 2.12. The van der Waals surface area contributed by atoms with Gasteiger partial charge in [-0.1, -0.05) is 34.6 Å². The molecule has 2 rings (SSSR count). The summed E-state index contributed by atoms with van der Waals surface area (Å²) in [4.78, 5) is 51.4. The highest BCUT2D eigenvalue weighted by Crippen LogP contribution is 2.21. The van der Waals surface area contributed by atoms with E-state index < -0.39 is 29.7 Å². The highest BCUT2D eigenvalue weighted by molar-refractivity contribution is 7.05. The summed E-state index contributed by atoms with van der Waals surface area (Å²) >= 11 is 1.38. The topological polar surface area (TPSA) is 114 Å². The number of hydrogen-bond donors (Lipinski definition) is 2. The largest absolute Gasteiger partial charge is 0.449 e. The van der Waals surface area contributed by atoms with Crippen LogP contribution in [0.15, 0.2) is 6.07 Å². The van der Waals surface area contributed by atoms with Gasteiger partial charge in [0.2, 0.25) is 5.78 Å². The number of ketones is 2. The van der Waals surface area contributed by atoms with Crippen molar-refractivity contribution in [2.24, 2.45) is 17.3 Å². The van der Waals surface area contributed by atoms with Crippen LogP contribution < -0.4 is 10.6 Å². The molecule has 31 heavy (non-hydrogen) atoms. The number of hydrogen-bond acceptors (Lipinski definition) is 7. The first-order valence-electron chi connectivity index (χ1n) is 10.7. The van der Waals surface area contributed by atoms with Gasteiger partial charge in [0.05, 0.1) is 18.3 Å². The Kier molecular flexibility index (Phi) is 8.73. The molecular weight excluding hydrogens is 418 g/mol. The number of amides is 2. The predicted octanol–water partition coefficient (Wildman–Crippen LogP) is 2.69. The number of alkyl carbamates (subject to hydrolysis) is 1. The number of Topliss-reactive ketones (excluding diaryl/α,β-unsaturated/α-hetero) is 2. The summed E-state index contributed by atoms with van der Waals surface area (Å²) in [5.41, 5.74) is 0.509. The SMILES string of the molecule is CC(C)C(NC(=O)OCC(C)(C)C)C(=O)CC1Cc2cc(sn2)CCCNC(=O)C1=O. The van der Waals surface area contributed by atoms with Crippen LogP contribution in [0.1, 0.15) is 58.0 Å². The highest BCUT2D eigenvalue weighted by atomic mass is 32.1. The van der Waals surface area contributed by atoms with Crippen LogP contribution in [0.3, 0.4) is 0 Å². The van der Waals surface area contributed by atoms with Gasteiger partial charge in [0.1, 0.15) is 0 Å². The molecule has 0 aliphatic carbocycles. The third-order valence-electron chi connectivity index (χ3n) is 4.91. The normalized spacial score (nSPS) is 18.7. The van der Waals surface area contributed by atoms with E-state index in [1.165, 1.54) is 11.5 Å². The van der Waals surface area contributed by atoms with Gasteiger partial charge in [-0.15, -0.1) is 0 Å². The van der Waals surface area contributed by atoms with E-state index in [0.717, 1.165) is 17.7 Å². The van der Waals surface area contributed by atoms with Crippen LogP contribution >= 0.6 is 11.5 Å². The number of aromatic nitrogens is 1. The van der Waals surface area contributed by atoms with Crippen LogP contribution in [-0.4, -0.2) is 47.1 Å². The fourth-order valence-electron chi connectivity index (χ4n) is 3.26. The van der Waals surface area contributed by atoms with Gasteiger partial charge in [0.25, 0.3) is 5.91 Å². The lowest BCUT2D eigenvalue weighted by Gasteiger charge is -2.24. The summed E-state index contributed by atoms with van der Waals surface area (Å²) in [5.74, 6) is -2.63. The Morgan fingerprint density at radius 2 is 2.03 bits per heavy atom. The number of ether oxygens (including phenoxy) is 1. The second kappa shape index (κ2) is 10.8. The van der Waals surface area contributed by atoms with Crippen molar-refractivity contribution in [3.8, 4) is 0 Å². The summed E-state index contributed by atoms with van der Waals surface area (Å²) < 4.78 is 9.60. The highest BCUT2D eigenvalue weighted by Gasteiger charge is 2.33. The van der Waals surface area contributed by atoms with Gasteiger partial charge in [-0.25, -0.2) is 4.79 Å².